The molecule has 9 heteroatoms. The van der Waals surface area contributed by atoms with Gasteiger partial charge in [-0.2, -0.15) is 0 Å². The van der Waals surface area contributed by atoms with Crippen molar-refractivity contribution in [2.45, 2.75) is 27.7 Å². The molecule has 0 radical (unpaired) electrons. The second-order valence-electron chi connectivity index (χ2n) is 6.88. The minimum absolute atomic E-state index is 0.117. The zero-order valence-electron chi connectivity index (χ0n) is 17.3. The van der Waals surface area contributed by atoms with E-state index in [-0.39, 0.29) is 33.4 Å². The number of halogens is 2. The van der Waals surface area contributed by atoms with Crippen molar-refractivity contribution in [3.8, 4) is 17.2 Å². The van der Waals surface area contributed by atoms with E-state index in [1.54, 1.807) is 32.9 Å². The molecule has 0 atom stereocenters. The summed E-state index contributed by atoms with van der Waals surface area (Å²) in [5.74, 6) is -1.48. The summed E-state index contributed by atoms with van der Waals surface area (Å²) < 4.78 is 10.9. The van der Waals surface area contributed by atoms with Crippen molar-refractivity contribution in [1.82, 2.24) is 0 Å². The molecule has 0 fully saturated rings. The van der Waals surface area contributed by atoms with Gasteiger partial charge in [-0.1, -0.05) is 37.0 Å². The number of carboxylic acids is 1. The largest absolute Gasteiger partial charge is 0.478 e. The molecule has 0 spiro atoms. The molecule has 0 heterocycles. The Morgan fingerprint density at radius 3 is 2.42 bits per heavy atom. The monoisotopic (exact) mass is 465 g/mol. The number of hydrogen-bond donors (Lipinski definition) is 2. The van der Waals surface area contributed by atoms with Crippen molar-refractivity contribution < 1.29 is 29.0 Å². The smallest absolute Gasteiger partial charge is 0.328 e. The van der Waals surface area contributed by atoms with Crippen LogP contribution in [0.4, 0.5) is 5.69 Å². The first kappa shape index (κ1) is 24.2. The normalized spacial score (nSPS) is 10.9. The van der Waals surface area contributed by atoms with E-state index in [2.05, 4.69) is 5.32 Å². The Bertz CT molecular complexity index is 1060. The molecule has 0 aliphatic carbocycles. The molecule has 0 aliphatic rings. The fourth-order valence-corrected chi connectivity index (χ4v) is 2.95. The van der Waals surface area contributed by atoms with Crippen LogP contribution in [-0.2, 0) is 14.4 Å². The lowest BCUT2D eigenvalue weighted by Crippen LogP contribution is -2.18. The summed E-state index contributed by atoms with van der Waals surface area (Å²) in [5, 5.41) is 12.0. The fourth-order valence-electron chi connectivity index (χ4n) is 2.44. The third-order valence-corrected chi connectivity index (χ3v) is 4.79. The highest BCUT2D eigenvalue weighted by Gasteiger charge is 2.18. The summed E-state index contributed by atoms with van der Waals surface area (Å²) in [7, 11) is 0. The van der Waals surface area contributed by atoms with Gasteiger partial charge in [0, 0.05) is 41.8 Å². The summed E-state index contributed by atoms with van der Waals surface area (Å²) in [5.41, 5.74) is 1.29. The lowest BCUT2D eigenvalue weighted by molar-refractivity contribution is -0.132. The summed E-state index contributed by atoms with van der Waals surface area (Å²) in [6.07, 6.45) is 2.28. The van der Waals surface area contributed by atoms with Gasteiger partial charge in [-0.25, -0.2) is 4.79 Å². The molecule has 0 unspecified atom stereocenters. The Morgan fingerprint density at radius 2 is 1.84 bits per heavy atom. The minimum Gasteiger partial charge on any atom is -0.478 e. The zero-order chi connectivity index (χ0) is 23.3. The number of hydrogen-bond acceptors (Lipinski definition) is 5. The fraction of sp³-hybridized carbons (Fsp3) is 0.227. The van der Waals surface area contributed by atoms with Gasteiger partial charge in [0.2, 0.25) is 5.91 Å². The highest BCUT2D eigenvalue weighted by Crippen LogP contribution is 2.43. The summed E-state index contributed by atoms with van der Waals surface area (Å²) >= 11 is 12.6. The average molecular weight is 466 g/mol. The van der Waals surface area contributed by atoms with E-state index >= 15 is 0 Å². The summed E-state index contributed by atoms with van der Waals surface area (Å²) in [6, 6.07) is 6.12. The third-order valence-electron chi connectivity index (χ3n) is 4.06. The Labute approximate surface area is 189 Å². The first-order valence-corrected chi connectivity index (χ1v) is 9.96. The van der Waals surface area contributed by atoms with E-state index in [1.807, 2.05) is 0 Å². The number of aliphatic carboxylic acids is 1. The van der Waals surface area contributed by atoms with Gasteiger partial charge < -0.3 is 19.9 Å². The lowest BCUT2D eigenvalue weighted by atomic mass is 10.1. The molecule has 2 rings (SSSR count). The average Bonchev–Trinajstić information content (AvgIpc) is 2.68. The summed E-state index contributed by atoms with van der Waals surface area (Å²) in [4.78, 5) is 34.3. The number of anilines is 1. The van der Waals surface area contributed by atoms with Crippen molar-refractivity contribution in [2.75, 3.05) is 5.32 Å². The molecule has 2 aromatic rings. The SMILES string of the molecule is CC(=O)Oc1cc(Cl)c(Oc2ccc(NC(=O)C(C)C)c(/C=C/C(=O)O)c2)c(Cl)c1C. The number of benzene rings is 2. The van der Waals surface area contributed by atoms with Gasteiger partial charge in [0.25, 0.3) is 0 Å². The Kier molecular flexibility index (Phi) is 8.08. The van der Waals surface area contributed by atoms with Gasteiger partial charge in [-0.15, -0.1) is 0 Å². The van der Waals surface area contributed by atoms with E-state index in [4.69, 9.17) is 37.8 Å². The number of carbonyl (C=O) groups excluding carboxylic acids is 2. The number of carboxylic acid groups (broad SMARTS) is 1. The predicted molar refractivity (Wildman–Crippen MR) is 119 cm³/mol. The van der Waals surface area contributed by atoms with Crippen LogP contribution in [0.3, 0.4) is 0 Å². The molecule has 0 saturated heterocycles. The van der Waals surface area contributed by atoms with Gasteiger partial charge in [-0.3, -0.25) is 9.59 Å². The van der Waals surface area contributed by atoms with Crippen LogP contribution in [0.15, 0.2) is 30.3 Å². The standard InChI is InChI=1S/C22H21Cl2NO6/c1-11(2)22(29)25-17-7-6-15(9-14(17)5-8-19(27)28)31-21-16(23)10-18(30-13(4)26)12(3)20(21)24/h5-11H,1-4H3,(H,25,29)(H,27,28)/b8-5+. The van der Waals surface area contributed by atoms with E-state index in [0.29, 0.717) is 22.6 Å². The maximum Gasteiger partial charge on any atom is 0.328 e. The number of ether oxygens (including phenoxy) is 2. The van der Waals surface area contributed by atoms with Gasteiger partial charge in [0.05, 0.1) is 10.0 Å². The number of esters is 1. The maximum atomic E-state index is 12.1. The van der Waals surface area contributed by atoms with Crippen LogP contribution < -0.4 is 14.8 Å². The quantitative estimate of drug-likeness (QED) is 0.308. The van der Waals surface area contributed by atoms with E-state index in [9.17, 15) is 14.4 Å². The Morgan fingerprint density at radius 1 is 1.16 bits per heavy atom. The van der Waals surface area contributed by atoms with Crippen LogP contribution in [-0.4, -0.2) is 23.0 Å². The number of carbonyl (C=O) groups is 3. The molecule has 0 aromatic heterocycles. The molecule has 0 bridgehead atoms. The molecule has 164 valence electrons. The van der Waals surface area contributed by atoms with Crippen molar-refractivity contribution in [1.29, 1.82) is 0 Å². The van der Waals surface area contributed by atoms with Gasteiger partial charge in [0.1, 0.15) is 11.5 Å². The molecule has 0 saturated carbocycles. The molecule has 2 N–H and O–H groups in total. The van der Waals surface area contributed by atoms with Gasteiger partial charge in [-0.05, 0) is 31.2 Å². The number of amides is 1. The molecule has 7 nitrogen and oxygen atoms in total. The Balaban J connectivity index is 2.44. The van der Waals surface area contributed by atoms with Crippen LogP contribution in [0.5, 0.6) is 17.2 Å². The Hall–Kier alpha value is -3.03. The molecule has 31 heavy (non-hydrogen) atoms. The zero-order valence-corrected chi connectivity index (χ0v) is 18.8. The van der Waals surface area contributed by atoms with Crippen molar-refractivity contribution in [2.24, 2.45) is 5.92 Å². The number of rotatable bonds is 7. The minimum atomic E-state index is -1.14. The van der Waals surface area contributed by atoms with Crippen molar-refractivity contribution in [3.63, 3.8) is 0 Å². The molecule has 0 aliphatic heterocycles. The highest BCUT2D eigenvalue weighted by atomic mass is 35.5. The predicted octanol–water partition coefficient (Wildman–Crippen LogP) is 5.71. The second kappa shape index (κ2) is 10.3. The number of nitrogens with one attached hydrogen (secondary N) is 1. The molecular weight excluding hydrogens is 445 g/mol. The molecule has 2 aromatic carbocycles. The van der Waals surface area contributed by atoms with Gasteiger partial charge in [0.15, 0.2) is 5.75 Å². The molecule has 1 amide bonds. The molecular formula is C22H21Cl2NO6. The second-order valence-corrected chi connectivity index (χ2v) is 7.67. The highest BCUT2D eigenvalue weighted by molar-refractivity contribution is 6.38. The van der Waals surface area contributed by atoms with E-state index in [0.717, 1.165) is 6.08 Å². The van der Waals surface area contributed by atoms with E-state index in [1.165, 1.54) is 25.1 Å². The van der Waals surface area contributed by atoms with Crippen molar-refractivity contribution >= 4 is 52.8 Å². The van der Waals surface area contributed by atoms with E-state index < -0.39 is 11.9 Å². The first-order valence-electron chi connectivity index (χ1n) is 9.20. The van der Waals surface area contributed by atoms with Gasteiger partial charge >= 0.3 is 11.9 Å². The lowest BCUT2D eigenvalue weighted by Gasteiger charge is -2.16. The van der Waals surface area contributed by atoms with Crippen LogP contribution in [0.2, 0.25) is 10.0 Å². The summed E-state index contributed by atoms with van der Waals surface area (Å²) in [6.45, 7) is 6.39. The maximum absolute atomic E-state index is 12.1. The topological polar surface area (TPSA) is 102 Å². The van der Waals surface area contributed by atoms with Crippen LogP contribution in [0.25, 0.3) is 6.08 Å². The van der Waals surface area contributed by atoms with Crippen LogP contribution >= 0.6 is 23.2 Å². The van der Waals surface area contributed by atoms with Crippen LogP contribution in [0.1, 0.15) is 31.9 Å². The third kappa shape index (κ3) is 6.47. The van der Waals surface area contributed by atoms with Crippen LogP contribution in [0, 0.1) is 12.8 Å². The first-order chi connectivity index (χ1) is 14.5. The van der Waals surface area contributed by atoms with Crippen molar-refractivity contribution in [3.05, 3.63) is 51.5 Å².